The van der Waals surface area contributed by atoms with Crippen LogP contribution in [0.3, 0.4) is 0 Å². The molecular formula is C46H59ClN4O2S. The molecule has 4 aromatic carbocycles. The van der Waals surface area contributed by atoms with Crippen LogP contribution >= 0.6 is 24.2 Å². The zero-order chi connectivity index (χ0) is 38.4. The van der Waals surface area contributed by atoms with Crippen LogP contribution in [-0.4, -0.2) is 59.5 Å². The molecule has 0 aromatic heterocycles. The van der Waals surface area contributed by atoms with Crippen molar-refractivity contribution in [3.8, 4) is 0 Å². The molecule has 8 heteroatoms. The molecule has 2 spiro atoms. The Morgan fingerprint density at radius 1 is 0.630 bits per heavy atom. The number of likely N-dealkylation sites (tertiary alicyclic amines) is 1. The van der Waals surface area contributed by atoms with Gasteiger partial charge >= 0.3 is 0 Å². The molecule has 4 heterocycles. The van der Waals surface area contributed by atoms with Gasteiger partial charge in [0.25, 0.3) is 0 Å². The number of anilines is 2. The minimum absolute atomic E-state index is 0.0754. The van der Waals surface area contributed by atoms with Crippen molar-refractivity contribution in [3.05, 3.63) is 130 Å². The summed E-state index contributed by atoms with van der Waals surface area (Å²) in [5, 5.41) is 10.8. The molecule has 6 nitrogen and oxygen atoms in total. The lowest BCUT2D eigenvalue weighted by atomic mass is 9.83. The van der Waals surface area contributed by atoms with Crippen LogP contribution in [0.15, 0.2) is 97.1 Å². The van der Waals surface area contributed by atoms with Gasteiger partial charge in [0.1, 0.15) is 0 Å². The van der Waals surface area contributed by atoms with Crippen LogP contribution < -0.4 is 16.0 Å². The van der Waals surface area contributed by atoms with E-state index in [1.54, 1.807) is 0 Å². The summed E-state index contributed by atoms with van der Waals surface area (Å²) in [4.78, 5) is 27.0. The summed E-state index contributed by atoms with van der Waals surface area (Å²) >= 11 is 9.37. The maximum Gasteiger partial charge on any atom is 0.165 e. The number of hydrogen-bond acceptors (Lipinski definition) is 7. The number of para-hydroxylation sites is 2. The van der Waals surface area contributed by atoms with E-state index in [2.05, 4.69) is 89.8 Å². The third kappa shape index (κ3) is 11.7. The molecule has 4 aliphatic rings. The number of halogens is 1. The number of fused-ring (bicyclic) bond motifs is 2. The normalized spacial score (nSPS) is 18.3. The minimum Gasteiger partial charge on any atom is -0.379 e. The standard InChI is InChI=1S/C22H26N2O.C14H18N2O.C8H9Cl.C2H6S/c1-17-6-8-18(9-7-17)16-24-14-12-22(13-15-24)11-10-21(25)19-4-2-3-5-20(19)23-22;17-13-5-6-14(7-9-15-10-8-14)16-12-4-2-1-3-11(12)13;1-7-2-4-8(6-9)5-3-7;1-2-3/h2-9,23H,10-16H2,1H3;1-4,15-16H,5-10H2;2-5H,6H2,1H3;3H,2H2,1H3. The fourth-order valence-electron chi connectivity index (χ4n) is 7.77. The number of nitrogens with one attached hydrogen (secondary N) is 3. The topological polar surface area (TPSA) is 73.5 Å². The number of ketones is 2. The second-order valence-electron chi connectivity index (χ2n) is 15.2. The van der Waals surface area contributed by atoms with Gasteiger partial charge < -0.3 is 16.0 Å². The van der Waals surface area contributed by atoms with Crippen molar-refractivity contribution in [1.29, 1.82) is 0 Å². The first kappa shape index (κ1) is 41.5. The smallest absolute Gasteiger partial charge is 0.165 e. The number of Topliss-reactive ketones (excluding diaryl/α,β-unsaturated/α-hetero) is 2. The minimum atomic E-state index is 0.0754. The molecule has 2 saturated heterocycles. The van der Waals surface area contributed by atoms with Crippen molar-refractivity contribution in [1.82, 2.24) is 10.2 Å². The van der Waals surface area contributed by atoms with E-state index in [0.717, 1.165) is 99.5 Å². The van der Waals surface area contributed by atoms with Crippen molar-refractivity contribution >= 4 is 47.2 Å². The molecule has 0 amide bonds. The second kappa shape index (κ2) is 20.3. The molecular weight excluding hydrogens is 708 g/mol. The Kier molecular flexibility index (Phi) is 15.6. The molecule has 0 radical (unpaired) electrons. The Morgan fingerprint density at radius 3 is 1.52 bits per heavy atom. The van der Waals surface area contributed by atoms with Gasteiger partial charge in [-0.25, -0.2) is 0 Å². The van der Waals surface area contributed by atoms with Crippen LogP contribution in [0.5, 0.6) is 0 Å². The predicted molar refractivity (Wildman–Crippen MR) is 231 cm³/mol. The lowest BCUT2D eigenvalue weighted by Gasteiger charge is -2.42. The van der Waals surface area contributed by atoms with E-state index in [-0.39, 0.29) is 22.6 Å². The molecule has 0 saturated carbocycles. The number of thiol groups is 1. The number of carbonyl (C=O) groups excluding carboxylic acids is 2. The third-order valence-electron chi connectivity index (χ3n) is 11.1. The largest absolute Gasteiger partial charge is 0.379 e. The van der Waals surface area contributed by atoms with Crippen molar-refractivity contribution in [2.24, 2.45) is 0 Å². The first-order valence-electron chi connectivity index (χ1n) is 19.7. The van der Waals surface area contributed by atoms with Crippen LogP contribution in [0.2, 0.25) is 0 Å². The second-order valence-corrected chi connectivity index (χ2v) is 16.1. The Bertz CT molecular complexity index is 1780. The maximum absolute atomic E-state index is 12.4. The Balaban J connectivity index is 0.000000166. The van der Waals surface area contributed by atoms with E-state index in [1.165, 1.54) is 22.3 Å². The molecule has 0 unspecified atom stereocenters. The van der Waals surface area contributed by atoms with Crippen LogP contribution in [0.25, 0.3) is 0 Å². The van der Waals surface area contributed by atoms with Crippen molar-refractivity contribution in [2.45, 2.75) is 95.6 Å². The monoisotopic (exact) mass is 766 g/mol. The number of aryl methyl sites for hydroxylation is 2. The maximum atomic E-state index is 12.4. The van der Waals surface area contributed by atoms with Gasteiger partial charge in [0.05, 0.1) is 0 Å². The van der Waals surface area contributed by atoms with Crippen LogP contribution in [-0.2, 0) is 12.4 Å². The van der Waals surface area contributed by atoms with Gasteiger partial charge in [-0.05, 0) is 107 Å². The van der Waals surface area contributed by atoms with Gasteiger partial charge in [-0.1, -0.05) is 90.8 Å². The summed E-state index contributed by atoms with van der Waals surface area (Å²) in [5.41, 5.74) is 9.15. The highest BCUT2D eigenvalue weighted by Gasteiger charge is 2.38. The molecule has 4 aromatic rings. The van der Waals surface area contributed by atoms with Gasteiger partial charge in [-0.15, -0.1) is 11.6 Å². The number of hydrogen-bond donors (Lipinski definition) is 4. The number of piperidine rings is 2. The van der Waals surface area contributed by atoms with E-state index >= 15 is 0 Å². The molecule has 3 N–H and O–H groups in total. The van der Waals surface area contributed by atoms with Crippen molar-refractivity contribution in [3.63, 3.8) is 0 Å². The SMILES string of the molecule is CCS.Cc1ccc(CCl)cc1.Cc1ccc(CN2CCC3(CCC(=O)c4ccccc4N3)CC2)cc1.O=C1CCC2(CCNCC2)Nc2ccccc21. The van der Waals surface area contributed by atoms with Gasteiger partial charge in [0.15, 0.2) is 11.6 Å². The van der Waals surface area contributed by atoms with E-state index in [0.29, 0.717) is 18.7 Å². The Morgan fingerprint density at radius 2 is 1.06 bits per heavy atom. The molecule has 0 bridgehead atoms. The number of alkyl halides is 1. The predicted octanol–water partition coefficient (Wildman–Crippen LogP) is 10.3. The summed E-state index contributed by atoms with van der Waals surface area (Å²) in [6.45, 7) is 11.5. The molecule has 8 rings (SSSR count). The third-order valence-corrected chi connectivity index (χ3v) is 11.4. The Hall–Kier alpha value is -3.62. The quantitative estimate of drug-likeness (QED) is 0.123. The fraction of sp³-hybridized carbons (Fsp3) is 0.435. The first-order valence-corrected chi connectivity index (χ1v) is 20.9. The van der Waals surface area contributed by atoms with E-state index in [9.17, 15) is 9.59 Å². The number of benzene rings is 4. The highest BCUT2D eigenvalue weighted by atomic mass is 35.5. The van der Waals surface area contributed by atoms with Crippen LogP contribution in [0, 0.1) is 13.8 Å². The summed E-state index contributed by atoms with van der Waals surface area (Å²) in [6, 6.07) is 33.0. The highest BCUT2D eigenvalue weighted by Crippen LogP contribution is 2.37. The van der Waals surface area contributed by atoms with Gasteiger partial charge in [-0.3, -0.25) is 14.5 Å². The summed E-state index contributed by atoms with van der Waals surface area (Å²) in [6.07, 6.45) is 7.64. The van der Waals surface area contributed by atoms with Crippen LogP contribution in [0.1, 0.15) is 101 Å². The number of carbonyl (C=O) groups is 2. The lowest BCUT2D eigenvalue weighted by molar-refractivity contribution is 0.0960. The molecule has 4 aliphatic heterocycles. The zero-order valence-corrected chi connectivity index (χ0v) is 34.1. The average molecular weight is 768 g/mol. The first-order chi connectivity index (χ1) is 26.2. The van der Waals surface area contributed by atoms with Gasteiger partial charge in [0, 0.05) is 71.9 Å². The average Bonchev–Trinajstić information content (AvgIpc) is 3.42. The molecule has 0 aliphatic carbocycles. The molecule has 0 atom stereocenters. The van der Waals surface area contributed by atoms with E-state index in [1.807, 2.05) is 61.5 Å². The molecule has 2 fully saturated rings. The van der Waals surface area contributed by atoms with Gasteiger partial charge in [0.2, 0.25) is 0 Å². The van der Waals surface area contributed by atoms with Crippen LogP contribution in [0.4, 0.5) is 11.4 Å². The summed E-state index contributed by atoms with van der Waals surface area (Å²) < 4.78 is 0. The van der Waals surface area contributed by atoms with Gasteiger partial charge in [-0.2, -0.15) is 12.6 Å². The van der Waals surface area contributed by atoms with E-state index in [4.69, 9.17) is 11.6 Å². The van der Waals surface area contributed by atoms with Crippen molar-refractivity contribution < 1.29 is 9.59 Å². The number of nitrogens with zero attached hydrogens (tertiary/aromatic N) is 1. The molecule has 288 valence electrons. The zero-order valence-electron chi connectivity index (χ0n) is 32.4. The fourth-order valence-corrected chi connectivity index (χ4v) is 7.94. The summed E-state index contributed by atoms with van der Waals surface area (Å²) in [7, 11) is 0. The summed E-state index contributed by atoms with van der Waals surface area (Å²) in [5.74, 6) is 2.12. The Labute approximate surface area is 334 Å². The number of rotatable bonds is 3. The van der Waals surface area contributed by atoms with Crippen molar-refractivity contribution in [2.75, 3.05) is 42.6 Å². The lowest BCUT2D eigenvalue weighted by Crippen LogP contribution is -2.48. The molecule has 54 heavy (non-hydrogen) atoms. The highest BCUT2D eigenvalue weighted by molar-refractivity contribution is 7.80. The van der Waals surface area contributed by atoms with E-state index < -0.39 is 0 Å².